The summed E-state index contributed by atoms with van der Waals surface area (Å²) in [6.45, 7) is 0. The van der Waals surface area contributed by atoms with Crippen LogP contribution in [0.15, 0.2) is 0 Å². The molecule has 0 rings (SSSR count). The smallest absolute Gasteiger partial charge is 0.223 e. The van der Waals surface area contributed by atoms with E-state index in [4.69, 9.17) is 16.9 Å². The monoisotopic (exact) mass is 143 g/mol. The van der Waals surface area contributed by atoms with E-state index in [2.05, 4.69) is 0 Å². The SMILES string of the molecule is N=C(CC(N)=O)CC(N)=O. The molecule has 0 saturated heterocycles. The summed E-state index contributed by atoms with van der Waals surface area (Å²) in [5.41, 5.74) is 9.43. The van der Waals surface area contributed by atoms with Crippen molar-refractivity contribution in [2.75, 3.05) is 0 Å². The van der Waals surface area contributed by atoms with Gasteiger partial charge in [-0.05, 0) is 0 Å². The second kappa shape index (κ2) is 3.60. The number of hydrogen-bond acceptors (Lipinski definition) is 3. The first-order chi connectivity index (χ1) is 4.52. The molecule has 0 heterocycles. The molecular formula is C5H9N3O2. The second-order valence-corrected chi connectivity index (χ2v) is 1.89. The lowest BCUT2D eigenvalue weighted by Crippen LogP contribution is -2.21. The number of nitrogens with one attached hydrogen (secondary N) is 1. The molecule has 5 N–H and O–H groups in total. The summed E-state index contributed by atoms with van der Waals surface area (Å²) in [5.74, 6) is -1.24. The molecule has 0 bridgehead atoms. The molecule has 0 spiro atoms. The van der Waals surface area contributed by atoms with E-state index in [0.717, 1.165) is 0 Å². The lowest BCUT2D eigenvalue weighted by Gasteiger charge is -1.94. The highest BCUT2D eigenvalue weighted by atomic mass is 16.1. The van der Waals surface area contributed by atoms with Crippen molar-refractivity contribution in [2.45, 2.75) is 12.8 Å². The van der Waals surface area contributed by atoms with Crippen LogP contribution < -0.4 is 11.5 Å². The van der Waals surface area contributed by atoms with Gasteiger partial charge in [-0.1, -0.05) is 0 Å². The lowest BCUT2D eigenvalue weighted by molar-refractivity contribution is -0.116. The minimum atomic E-state index is -0.619. The average Bonchev–Trinajstić information content (AvgIpc) is 1.58. The third-order valence-corrected chi connectivity index (χ3v) is 0.775. The first-order valence-corrected chi connectivity index (χ1v) is 2.65. The number of carbonyl (C=O) groups is 2. The fraction of sp³-hybridized carbons (Fsp3) is 0.400. The maximum atomic E-state index is 10.1. The molecule has 0 aliphatic rings. The van der Waals surface area contributed by atoms with E-state index in [0.29, 0.717) is 0 Å². The van der Waals surface area contributed by atoms with E-state index < -0.39 is 11.8 Å². The van der Waals surface area contributed by atoms with Gasteiger partial charge in [0, 0.05) is 5.71 Å². The number of rotatable bonds is 4. The van der Waals surface area contributed by atoms with E-state index in [1.807, 2.05) is 0 Å². The third-order valence-electron chi connectivity index (χ3n) is 0.775. The van der Waals surface area contributed by atoms with Crippen molar-refractivity contribution in [1.82, 2.24) is 0 Å². The molecule has 0 aromatic carbocycles. The molecule has 0 saturated carbocycles. The highest BCUT2D eigenvalue weighted by molar-refractivity contribution is 6.06. The van der Waals surface area contributed by atoms with Crippen LogP contribution in [0.5, 0.6) is 0 Å². The van der Waals surface area contributed by atoms with Gasteiger partial charge in [-0.25, -0.2) is 0 Å². The zero-order valence-corrected chi connectivity index (χ0v) is 5.39. The maximum Gasteiger partial charge on any atom is 0.223 e. The largest absolute Gasteiger partial charge is 0.369 e. The normalized spacial score (nSPS) is 8.80. The summed E-state index contributed by atoms with van der Waals surface area (Å²) in [5, 5.41) is 6.95. The fourth-order valence-electron chi connectivity index (χ4n) is 0.483. The van der Waals surface area contributed by atoms with Gasteiger partial charge in [0.15, 0.2) is 0 Å². The van der Waals surface area contributed by atoms with E-state index in [-0.39, 0.29) is 18.6 Å². The first kappa shape index (κ1) is 8.61. The Bertz CT molecular complexity index is 158. The molecule has 0 atom stereocenters. The van der Waals surface area contributed by atoms with Crippen LogP contribution in [0.25, 0.3) is 0 Å². The van der Waals surface area contributed by atoms with Gasteiger partial charge < -0.3 is 16.9 Å². The zero-order valence-electron chi connectivity index (χ0n) is 5.39. The van der Waals surface area contributed by atoms with Crippen LogP contribution in [0.4, 0.5) is 0 Å². The fourth-order valence-corrected chi connectivity index (χ4v) is 0.483. The Morgan fingerprint density at radius 2 is 1.40 bits per heavy atom. The number of amides is 2. The van der Waals surface area contributed by atoms with Gasteiger partial charge in [-0.15, -0.1) is 0 Å². The molecule has 0 fully saturated rings. The maximum absolute atomic E-state index is 10.1. The molecule has 0 aromatic heterocycles. The minimum Gasteiger partial charge on any atom is -0.369 e. The van der Waals surface area contributed by atoms with E-state index in [9.17, 15) is 9.59 Å². The molecule has 10 heavy (non-hydrogen) atoms. The van der Waals surface area contributed by atoms with Crippen LogP contribution in [0, 0.1) is 5.41 Å². The molecule has 0 radical (unpaired) electrons. The quantitative estimate of drug-likeness (QED) is 0.427. The topological polar surface area (TPSA) is 110 Å². The Hall–Kier alpha value is -1.39. The summed E-state index contributed by atoms with van der Waals surface area (Å²) in [6.07, 6.45) is -0.383. The van der Waals surface area contributed by atoms with E-state index in [1.54, 1.807) is 0 Å². The van der Waals surface area contributed by atoms with Gasteiger partial charge in [0.05, 0.1) is 12.8 Å². The zero-order chi connectivity index (χ0) is 8.15. The number of carbonyl (C=O) groups excluding carboxylic acids is 2. The van der Waals surface area contributed by atoms with Crippen LogP contribution in [-0.2, 0) is 9.59 Å². The van der Waals surface area contributed by atoms with Crippen molar-refractivity contribution < 1.29 is 9.59 Å². The van der Waals surface area contributed by atoms with Crippen molar-refractivity contribution in [3.63, 3.8) is 0 Å². The van der Waals surface area contributed by atoms with Crippen molar-refractivity contribution >= 4 is 17.5 Å². The third kappa shape index (κ3) is 4.76. The molecule has 0 aromatic rings. The van der Waals surface area contributed by atoms with Crippen molar-refractivity contribution in [1.29, 1.82) is 5.41 Å². The van der Waals surface area contributed by atoms with Crippen molar-refractivity contribution in [3.05, 3.63) is 0 Å². The minimum absolute atomic E-state index is 0.0417. The molecule has 0 aliphatic heterocycles. The first-order valence-electron chi connectivity index (χ1n) is 2.65. The molecule has 56 valence electrons. The molecular weight excluding hydrogens is 134 g/mol. The second-order valence-electron chi connectivity index (χ2n) is 1.89. The number of primary amides is 2. The van der Waals surface area contributed by atoms with Crippen LogP contribution in [0.2, 0.25) is 0 Å². The summed E-state index contributed by atoms with van der Waals surface area (Å²) >= 11 is 0. The summed E-state index contributed by atoms with van der Waals surface area (Å²) < 4.78 is 0. The van der Waals surface area contributed by atoms with Crippen LogP contribution in [0.3, 0.4) is 0 Å². The number of nitrogens with two attached hydrogens (primary N) is 2. The Morgan fingerprint density at radius 3 is 1.60 bits per heavy atom. The molecule has 0 aliphatic carbocycles. The molecule has 2 amide bonds. The predicted molar refractivity (Wildman–Crippen MR) is 35.3 cm³/mol. The van der Waals surface area contributed by atoms with Gasteiger partial charge in [-0.2, -0.15) is 0 Å². The highest BCUT2D eigenvalue weighted by Gasteiger charge is 2.04. The van der Waals surface area contributed by atoms with Gasteiger partial charge in [0.25, 0.3) is 0 Å². The van der Waals surface area contributed by atoms with E-state index >= 15 is 0 Å². The van der Waals surface area contributed by atoms with Crippen LogP contribution >= 0.6 is 0 Å². The average molecular weight is 143 g/mol. The molecule has 5 heteroatoms. The van der Waals surface area contributed by atoms with Crippen LogP contribution in [0.1, 0.15) is 12.8 Å². The Labute approximate surface area is 57.9 Å². The van der Waals surface area contributed by atoms with Gasteiger partial charge >= 0.3 is 0 Å². The summed E-state index contributed by atoms with van der Waals surface area (Å²) in [4.78, 5) is 20.2. The van der Waals surface area contributed by atoms with E-state index in [1.165, 1.54) is 0 Å². The van der Waals surface area contributed by atoms with Crippen LogP contribution in [-0.4, -0.2) is 17.5 Å². The summed E-state index contributed by atoms with van der Waals surface area (Å²) in [6, 6.07) is 0. The Kier molecular flexibility index (Phi) is 3.10. The molecule has 0 unspecified atom stereocenters. The Balaban J connectivity index is 3.65. The predicted octanol–water partition coefficient (Wildman–Crippen LogP) is -1.24. The van der Waals surface area contributed by atoms with Crippen molar-refractivity contribution in [2.24, 2.45) is 11.5 Å². The van der Waals surface area contributed by atoms with Crippen molar-refractivity contribution in [3.8, 4) is 0 Å². The highest BCUT2D eigenvalue weighted by Crippen LogP contribution is 1.87. The standard InChI is InChI=1S/C5H9N3O2/c6-3(1-4(7)9)2-5(8)10/h6H,1-2H2,(H2,7,9)(H2,8,10). The lowest BCUT2D eigenvalue weighted by atomic mass is 10.2. The van der Waals surface area contributed by atoms with Gasteiger partial charge in [0.2, 0.25) is 11.8 Å². The van der Waals surface area contributed by atoms with Gasteiger partial charge in [0.1, 0.15) is 0 Å². The van der Waals surface area contributed by atoms with Gasteiger partial charge in [-0.3, -0.25) is 9.59 Å². The molecule has 5 nitrogen and oxygen atoms in total. The number of hydrogen-bond donors (Lipinski definition) is 3. The Morgan fingerprint density at radius 1 is 1.10 bits per heavy atom. The summed E-state index contributed by atoms with van der Waals surface area (Å²) in [7, 11) is 0.